The Morgan fingerprint density at radius 1 is 1.00 bits per heavy atom. The summed E-state index contributed by atoms with van der Waals surface area (Å²) in [7, 11) is 3.45. The molecular weight excluding hydrogens is 461 g/mol. The van der Waals surface area contributed by atoms with E-state index >= 15 is 0 Å². The number of benzene rings is 1. The lowest BCUT2D eigenvalue weighted by atomic mass is 10.2. The quantitative estimate of drug-likeness (QED) is 0.244. The zero-order valence-corrected chi connectivity index (χ0v) is 18.7. The Labute approximate surface area is 177 Å². The van der Waals surface area contributed by atoms with Crippen LogP contribution in [0.5, 0.6) is 5.75 Å². The standard InChI is InChI=1S/C19H27N3O2S.HI/c1-4-17-9-10-18(25-17)14-22-19(20-2)21-13-15-5-7-16(8-6-15)24-12-11-23-3;/h5-10H,4,11-14H2,1-3H3,(H2,20,21,22);1H. The number of rotatable bonds is 9. The second-order valence-electron chi connectivity index (χ2n) is 5.49. The molecule has 144 valence electrons. The Morgan fingerprint density at radius 3 is 2.31 bits per heavy atom. The van der Waals surface area contributed by atoms with E-state index in [2.05, 4.69) is 46.8 Å². The van der Waals surface area contributed by atoms with Crippen LogP contribution >= 0.6 is 35.3 Å². The van der Waals surface area contributed by atoms with E-state index < -0.39 is 0 Å². The molecule has 2 aromatic rings. The molecule has 0 aliphatic carbocycles. The minimum absolute atomic E-state index is 0. The number of nitrogens with one attached hydrogen (secondary N) is 2. The van der Waals surface area contributed by atoms with Crippen LogP contribution in [0.25, 0.3) is 0 Å². The number of methoxy groups -OCH3 is 1. The molecule has 0 fully saturated rings. The van der Waals surface area contributed by atoms with E-state index in [0.717, 1.165) is 24.7 Å². The fourth-order valence-electron chi connectivity index (χ4n) is 2.23. The van der Waals surface area contributed by atoms with Gasteiger partial charge in [0.1, 0.15) is 12.4 Å². The van der Waals surface area contributed by atoms with Gasteiger partial charge in [-0.05, 0) is 36.2 Å². The van der Waals surface area contributed by atoms with Crippen molar-refractivity contribution in [3.05, 3.63) is 51.7 Å². The Balaban J connectivity index is 0.00000338. The van der Waals surface area contributed by atoms with Gasteiger partial charge in [-0.15, -0.1) is 35.3 Å². The number of hydrogen-bond acceptors (Lipinski definition) is 4. The summed E-state index contributed by atoms with van der Waals surface area (Å²) in [6.45, 7) is 4.83. The molecule has 0 atom stereocenters. The third-order valence-corrected chi connectivity index (χ3v) is 4.89. The van der Waals surface area contributed by atoms with Gasteiger partial charge in [-0.1, -0.05) is 19.1 Å². The number of guanidine groups is 1. The molecule has 1 aromatic carbocycles. The lowest BCUT2D eigenvalue weighted by molar-refractivity contribution is 0.146. The fourth-order valence-corrected chi connectivity index (χ4v) is 3.13. The maximum Gasteiger partial charge on any atom is 0.191 e. The molecule has 5 nitrogen and oxygen atoms in total. The van der Waals surface area contributed by atoms with Crippen LogP contribution in [-0.4, -0.2) is 33.3 Å². The van der Waals surface area contributed by atoms with Gasteiger partial charge in [0, 0.05) is 30.5 Å². The average Bonchev–Trinajstić information content (AvgIpc) is 3.11. The molecule has 0 aliphatic heterocycles. The molecule has 1 aromatic heterocycles. The van der Waals surface area contributed by atoms with Crippen molar-refractivity contribution in [2.45, 2.75) is 26.4 Å². The van der Waals surface area contributed by atoms with Gasteiger partial charge in [0.25, 0.3) is 0 Å². The predicted molar refractivity (Wildman–Crippen MR) is 120 cm³/mol. The monoisotopic (exact) mass is 489 g/mol. The first-order chi connectivity index (χ1) is 12.2. The van der Waals surface area contributed by atoms with Gasteiger partial charge in [0.2, 0.25) is 0 Å². The van der Waals surface area contributed by atoms with E-state index in [1.54, 1.807) is 14.2 Å². The minimum Gasteiger partial charge on any atom is -0.491 e. The van der Waals surface area contributed by atoms with Crippen LogP contribution in [0.4, 0.5) is 0 Å². The highest BCUT2D eigenvalue weighted by molar-refractivity contribution is 14.0. The van der Waals surface area contributed by atoms with Crippen molar-refractivity contribution in [2.24, 2.45) is 4.99 Å². The number of thiophene rings is 1. The van der Waals surface area contributed by atoms with Crippen LogP contribution in [0.3, 0.4) is 0 Å². The summed E-state index contributed by atoms with van der Waals surface area (Å²) in [5, 5.41) is 6.68. The SMILES string of the molecule is CCc1ccc(CNC(=NC)NCc2ccc(OCCOC)cc2)s1.I. The molecule has 0 saturated carbocycles. The maximum absolute atomic E-state index is 5.57. The molecule has 26 heavy (non-hydrogen) atoms. The third-order valence-electron chi connectivity index (χ3n) is 3.66. The summed E-state index contributed by atoms with van der Waals surface area (Å²) >= 11 is 1.84. The summed E-state index contributed by atoms with van der Waals surface area (Å²) < 4.78 is 10.5. The molecule has 0 saturated heterocycles. The van der Waals surface area contributed by atoms with Crippen LogP contribution in [0.2, 0.25) is 0 Å². The van der Waals surface area contributed by atoms with Crippen molar-refractivity contribution >= 4 is 41.3 Å². The van der Waals surface area contributed by atoms with Crippen LogP contribution in [0, 0.1) is 0 Å². The van der Waals surface area contributed by atoms with Gasteiger partial charge in [-0.3, -0.25) is 4.99 Å². The van der Waals surface area contributed by atoms with E-state index in [4.69, 9.17) is 9.47 Å². The number of ether oxygens (including phenoxy) is 2. The summed E-state index contributed by atoms with van der Waals surface area (Å²) in [4.78, 5) is 7.00. The van der Waals surface area contributed by atoms with Gasteiger partial charge >= 0.3 is 0 Å². The van der Waals surface area contributed by atoms with Crippen molar-refractivity contribution in [3.63, 3.8) is 0 Å². The molecule has 0 aliphatic rings. The lowest BCUT2D eigenvalue weighted by Gasteiger charge is -2.12. The highest BCUT2D eigenvalue weighted by Gasteiger charge is 2.02. The van der Waals surface area contributed by atoms with Gasteiger partial charge in [-0.25, -0.2) is 0 Å². The second kappa shape index (κ2) is 12.9. The van der Waals surface area contributed by atoms with E-state index in [1.165, 1.54) is 15.3 Å². The van der Waals surface area contributed by atoms with Crippen molar-refractivity contribution in [1.82, 2.24) is 10.6 Å². The van der Waals surface area contributed by atoms with Crippen molar-refractivity contribution in [1.29, 1.82) is 0 Å². The minimum atomic E-state index is 0. The summed E-state index contributed by atoms with van der Waals surface area (Å²) in [5.74, 6) is 1.65. The molecule has 0 amide bonds. The molecule has 2 rings (SSSR count). The molecule has 2 N–H and O–H groups in total. The van der Waals surface area contributed by atoms with Crippen molar-refractivity contribution in [3.8, 4) is 5.75 Å². The Bertz CT molecular complexity index is 659. The van der Waals surface area contributed by atoms with Crippen LogP contribution in [0.1, 0.15) is 22.2 Å². The molecule has 1 heterocycles. The highest BCUT2D eigenvalue weighted by atomic mass is 127. The largest absolute Gasteiger partial charge is 0.491 e. The van der Waals surface area contributed by atoms with Crippen LogP contribution in [0.15, 0.2) is 41.4 Å². The Hall–Kier alpha value is -1.32. The van der Waals surface area contributed by atoms with E-state index in [1.807, 2.05) is 23.5 Å². The zero-order valence-electron chi connectivity index (χ0n) is 15.6. The van der Waals surface area contributed by atoms with Gasteiger partial charge in [-0.2, -0.15) is 0 Å². The highest BCUT2D eigenvalue weighted by Crippen LogP contribution is 2.16. The lowest BCUT2D eigenvalue weighted by Crippen LogP contribution is -2.36. The zero-order chi connectivity index (χ0) is 17.9. The topological polar surface area (TPSA) is 54.9 Å². The summed E-state index contributed by atoms with van der Waals surface area (Å²) in [6.07, 6.45) is 1.09. The molecule has 0 bridgehead atoms. The van der Waals surface area contributed by atoms with Gasteiger partial charge in [0.05, 0.1) is 13.2 Å². The maximum atomic E-state index is 5.57. The molecule has 7 heteroatoms. The smallest absolute Gasteiger partial charge is 0.191 e. The normalized spacial score (nSPS) is 11.0. The first-order valence-corrected chi connectivity index (χ1v) is 9.29. The van der Waals surface area contributed by atoms with Gasteiger partial charge < -0.3 is 20.1 Å². The summed E-state index contributed by atoms with van der Waals surface area (Å²) in [6, 6.07) is 12.4. The third kappa shape index (κ3) is 7.92. The number of nitrogens with zero attached hydrogens (tertiary/aromatic N) is 1. The Kier molecular flexibility index (Phi) is 11.3. The van der Waals surface area contributed by atoms with Crippen molar-refractivity contribution in [2.75, 3.05) is 27.4 Å². The van der Waals surface area contributed by atoms with Crippen LogP contribution < -0.4 is 15.4 Å². The van der Waals surface area contributed by atoms with Crippen LogP contribution in [-0.2, 0) is 24.2 Å². The fraction of sp³-hybridized carbons (Fsp3) is 0.421. The average molecular weight is 489 g/mol. The van der Waals surface area contributed by atoms with E-state index in [-0.39, 0.29) is 24.0 Å². The van der Waals surface area contributed by atoms with E-state index in [0.29, 0.717) is 19.8 Å². The number of aliphatic imine (C=N–C) groups is 1. The Morgan fingerprint density at radius 2 is 1.69 bits per heavy atom. The van der Waals surface area contributed by atoms with E-state index in [9.17, 15) is 0 Å². The number of aryl methyl sites for hydroxylation is 1. The molecule has 0 unspecified atom stereocenters. The first-order valence-electron chi connectivity index (χ1n) is 8.48. The first kappa shape index (κ1) is 22.7. The number of hydrogen-bond donors (Lipinski definition) is 2. The predicted octanol–water partition coefficient (Wildman–Crippen LogP) is 3.82. The molecule has 0 spiro atoms. The molecular formula is C19H28IN3O2S. The molecule has 0 radical (unpaired) electrons. The number of halogens is 1. The summed E-state index contributed by atoms with van der Waals surface area (Å²) in [5.41, 5.74) is 1.17. The van der Waals surface area contributed by atoms with Crippen molar-refractivity contribution < 1.29 is 9.47 Å². The van der Waals surface area contributed by atoms with Gasteiger partial charge in [0.15, 0.2) is 5.96 Å². The second-order valence-corrected chi connectivity index (χ2v) is 6.74.